The van der Waals surface area contributed by atoms with Crippen molar-refractivity contribution in [2.24, 2.45) is 0 Å². The third-order valence-corrected chi connectivity index (χ3v) is 1.45. The van der Waals surface area contributed by atoms with Gasteiger partial charge in [-0.15, -0.1) is 0 Å². The molecule has 0 saturated heterocycles. The zero-order valence-corrected chi connectivity index (χ0v) is 7.50. The van der Waals surface area contributed by atoms with Crippen LogP contribution in [0.1, 0.15) is 11.5 Å². The molecule has 0 spiro atoms. The second kappa shape index (κ2) is 3.30. The van der Waals surface area contributed by atoms with Crippen molar-refractivity contribution in [3.63, 3.8) is 0 Å². The maximum absolute atomic E-state index is 7.58. The Morgan fingerprint density at radius 1 is 1.50 bits per heavy atom. The van der Waals surface area contributed by atoms with Crippen LogP contribution in [0.4, 0.5) is 0 Å². The molecule has 0 saturated carbocycles. The van der Waals surface area contributed by atoms with Crippen molar-refractivity contribution in [1.29, 1.82) is 5.41 Å². The first-order chi connectivity index (χ1) is 5.61. The van der Waals surface area contributed by atoms with Crippen LogP contribution in [-0.2, 0) is 0 Å². The van der Waals surface area contributed by atoms with Crippen LogP contribution >= 0.6 is 0 Å². The van der Waals surface area contributed by atoms with Gasteiger partial charge in [0, 0.05) is 26.0 Å². The zero-order chi connectivity index (χ0) is 9.14. The van der Waals surface area contributed by atoms with Gasteiger partial charge in [-0.1, -0.05) is 0 Å². The molecule has 0 aromatic carbocycles. The Bertz CT molecular complexity index is 293. The number of nitrogens with zero attached hydrogens (tertiary/aromatic N) is 3. The van der Waals surface area contributed by atoms with Gasteiger partial charge in [0.05, 0.1) is 0 Å². The highest BCUT2D eigenvalue weighted by molar-refractivity contribution is 5.92. The molecule has 1 heterocycles. The third kappa shape index (κ3) is 1.78. The average molecular weight is 164 g/mol. The van der Waals surface area contributed by atoms with Crippen LogP contribution in [0, 0.1) is 12.3 Å². The van der Waals surface area contributed by atoms with E-state index in [-0.39, 0.29) is 0 Å². The predicted octanol–water partition coefficient (Wildman–Crippen LogP) is 0.672. The van der Waals surface area contributed by atoms with Gasteiger partial charge in [-0.3, -0.25) is 5.41 Å². The minimum absolute atomic E-state index is 0.332. The molecule has 0 atom stereocenters. The summed E-state index contributed by atoms with van der Waals surface area (Å²) in [6.45, 7) is 1.88. The number of rotatable bonds is 1. The number of nitrogens with one attached hydrogen (secondary N) is 1. The largest absolute Gasteiger partial charge is 0.360 e. The van der Waals surface area contributed by atoms with Crippen LogP contribution in [0.2, 0.25) is 0 Å². The van der Waals surface area contributed by atoms with Gasteiger partial charge in [0.2, 0.25) is 0 Å². The average Bonchev–Trinajstić information content (AvgIpc) is 2.03. The molecule has 12 heavy (non-hydrogen) atoms. The minimum atomic E-state index is 0.332. The number of aryl methyl sites for hydroxylation is 1. The molecule has 0 aliphatic carbocycles. The number of hydrogen-bond acceptors (Lipinski definition) is 3. The standard InChI is InChI=1S/C8H12N4/c1-6-4-5-10-8(11-6)7(9)12(2)3/h4-5,9H,1-3H3. The van der Waals surface area contributed by atoms with Crippen molar-refractivity contribution >= 4 is 5.84 Å². The summed E-state index contributed by atoms with van der Waals surface area (Å²) in [5, 5.41) is 7.58. The Balaban J connectivity index is 2.96. The summed E-state index contributed by atoms with van der Waals surface area (Å²) in [6.07, 6.45) is 1.66. The van der Waals surface area contributed by atoms with Gasteiger partial charge in [0.15, 0.2) is 11.7 Å². The maximum Gasteiger partial charge on any atom is 0.195 e. The molecule has 0 radical (unpaired) electrons. The number of amidine groups is 1. The first-order valence-electron chi connectivity index (χ1n) is 3.67. The molecule has 0 bridgehead atoms. The van der Waals surface area contributed by atoms with Crippen LogP contribution in [-0.4, -0.2) is 34.8 Å². The molecule has 4 heteroatoms. The fourth-order valence-electron chi connectivity index (χ4n) is 0.763. The van der Waals surface area contributed by atoms with Crippen LogP contribution < -0.4 is 0 Å². The van der Waals surface area contributed by atoms with E-state index >= 15 is 0 Å². The van der Waals surface area contributed by atoms with Crippen molar-refractivity contribution in [2.45, 2.75) is 6.92 Å². The van der Waals surface area contributed by atoms with Crippen molar-refractivity contribution in [1.82, 2.24) is 14.9 Å². The van der Waals surface area contributed by atoms with Crippen molar-refractivity contribution in [3.8, 4) is 0 Å². The summed E-state index contributed by atoms with van der Waals surface area (Å²) >= 11 is 0. The molecule has 4 nitrogen and oxygen atoms in total. The summed E-state index contributed by atoms with van der Waals surface area (Å²) in [4.78, 5) is 9.78. The summed E-state index contributed by atoms with van der Waals surface area (Å²) in [6, 6.07) is 1.81. The summed E-state index contributed by atoms with van der Waals surface area (Å²) in [7, 11) is 3.60. The highest BCUT2D eigenvalue weighted by Gasteiger charge is 2.05. The van der Waals surface area contributed by atoms with Crippen LogP contribution in [0.3, 0.4) is 0 Å². The van der Waals surface area contributed by atoms with E-state index in [0.717, 1.165) is 5.69 Å². The van der Waals surface area contributed by atoms with Gasteiger partial charge in [-0.25, -0.2) is 9.97 Å². The molecular weight excluding hydrogens is 152 g/mol. The molecular formula is C8H12N4. The van der Waals surface area contributed by atoms with E-state index in [1.807, 2.05) is 13.0 Å². The SMILES string of the molecule is Cc1ccnc(C(=N)N(C)C)n1. The second-order valence-electron chi connectivity index (χ2n) is 2.76. The lowest BCUT2D eigenvalue weighted by molar-refractivity contribution is 0.613. The Labute approximate surface area is 71.8 Å². The van der Waals surface area contributed by atoms with E-state index in [2.05, 4.69) is 9.97 Å². The fraction of sp³-hybridized carbons (Fsp3) is 0.375. The Morgan fingerprint density at radius 3 is 2.67 bits per heavy atom. The first-order valence-corrected chi connectivity index (χ1v) is 3.67. The van der Waals surface area contributed by atoms with Crippen molar-refractivity contribution in [3.05, 3.63) is 23.8 Å². The molecule has 1 aromatic rings. The third-order valence-electron chi connectivity index (χ3n) is 1.45. The molecule has 1 rings (SSSR count). The first kappa shape index (κ1) is 8.64. The summed E-state index contributed by atoms with van der Waals surface area (Å²) < 4.78 is 0. The lowest BCUT2D eigenvalue weighted by atomic mass is 10.4. The lowest BCUT2D eigenvalue weighted by Gasteiger charge is -2.11. The second-order valence-corrected chi connectivity index (χ2v) is 2.76. The molecule has 1 aromatic heterocycles. The fourth-order valence-corrected chi connectivity index (χ4v) is 0.763. The van der Waals surface area contributed by atoms with Gasteiger partial charge in [-0.2, -0.15) is 0 Å². The van der Waals surface area contributed by atoms with E-state index in [9.17, 15) is 0 Å². The van der Waals surface area contributed by atoms with Crippen molar-refractivity contribution < 1.29 is 0 Å². The summed E-state index contributed by atoms with van der Waals surface area (Å²) in [5.74, 6) is 0.804. The number of aromatic nitrogens is 2. The van der Waals surface area contributed by atoms with Crippen LogP contribution in [0.5, 0.6) is 0 Å². The van der Waals surface area contributed by atoms with Crippen molar-refractivity contribution in [2.75, 3.05) is 14.1 Å². The molecule has 0 aliphatic rings. The van der Waals surface area contributed by atoms with E-state index in [1.54, 1.807) is 25.2 Å². The topological polar surface area (TPSA) is 52.9 Å². The Kier molecular flexibility index (Phi) is 2.38. The molecule has 0 fully saturated rings. The van der Waals surface area contributed by atoms with Gasteiger partial charge >= 0.3 is 0 Å². The molecule has 64 valence electrons. The summed E-state index contributed by atoms with van der Waals surface area (Å²) in [5.41, 5.74) is 0.881. The monoisotopic (exact) mass is 164 g/mol. The van der Waals surface area contributed by atoms with Crippen LogP contribution in [0.15, 0.2) is 12.3 Å². The molecule has 0 aliphatic heterocycles. The maximum atomic E-state index is 7.58. The molecule has 1 N–H and O–H groups in total. The van der Waals surface area contributed by atoms with Gasteiger partial charge in [-0.05, 0) is 13.0 Å². The Morgan fingerprint density at radius 2 is 2.17 bits per heavy atom. The van der Waals surface area contributed by atoms with E-state index < -0.39 is 0 Å². The minimum Gasteiger partial charge on any atom is -0.360 e. The van der Waals surface area contributed by atoms with Gasteiger partial charge in [0.25, 0.3) is 0 Å². The highest BCUT2D eigenvalue weighted by Crippen LogP contribution is 1.95. The normalized spacial score (nSPS) is 9.58. The number of hydrogen-bond donors (Lipinski definition) is 1. The molecule has 0 amide bonds. The van der Waals surface area contributed by atoms with E-state index in [1.165, 1.54) is 0 Å². The van der Waals surface area contributed by atoms with Gasteiger partial charge < -0.3 is 4.90 Å². The highest BCUT2D eigenvalue weighted by atomic mass is 15.1. The van der Waals surface area contributed by atoms with Crippen LogP contribution in [0.25, 0.3) is 0 Å². The quantitative estimate of drug-likeness (QED) is 0.490. The Hall–Kier alpha value is -1.45. The van der Waals surface area contributed by atoms with E-state index in [4.69, 9.17) is 5.41 Å². The zero-order valence-electron chi connectivity index (χ0n) is 7.50. The smallest absolute Gasteiger partial charge is 0.195 e. The predicted molar refractivity (Wildman–Crippen MR) is 47.3 cm³/mol. The molecule has 0 unspecified atom stereocenters. The van der Waals surface area contributed by atoms with E-state index in [0.29, 0.717) is 11.7 Å². The lowest BCUT2D eigenvalue weighted by Crippen LogP contribution is -2.24. The van der Waals surface area contributed by atoms with Gasteiger partial charge in [0.1, 0.15) is 0 Å².